The van der Waals surface area contributed by atoms with Crippen LogP contribution in [0.25, 0.3) is 11.1 Å². The molecule has 0 heterocycles. The van der Waals surface area contributed by atoms with Crippen molar-refractivity contribution in [1.29, 1.82) is 0 Å². The molecule has 1 aliphatic rings. The van der Waals surface area contributed by atoms with Crippen LogP contribution in [0, 0.1) is 6.92 Å². The molecule has 8 nitrogen and oxygen atoms in total. The lowest BCUT2D eigenvalue weighted by atomic mass is 9.97. The number of hydrogen-bond donors (Lipinski definition) is 3. The highest BCUT2D eigenvalue weighted by Crippen LogP contribution is 2.44. The summed E-state index contributed by atoms with van der Waals surface area (Å²) in [4.78, 5) is 26.1. The Kier molecular flexibility index (Phi) is 10.1. The van der Waals surface area contributed by atoms with E-state index >= 15 is 0 Å². The summed E-state index contributed by atoms with van der Waals surface area (Å²) < 4.78 is 16.9. The molecule has 0 bridgehead atoms. The van der Waals surface area contributed by atoms with Gasteiger partial charge >= 0.3 is 6.09 Å². The molecular weight excluding hydrogens is 616 g/mol. The van der Waals surface area contributed by atoms with E-state index in [0.29, 0.717) is 22.6 Å². The van der Waals surface area contributed by atoms with Crippen LogP contribution in [-0.4, -0.2) is 37.4 Å². The molecule has 0 saturated heterocycles. The van der Waals surface area contributed by atoms with Gasteiger partial charge < -0.3 is 30.0 Å². The van der Waals surface area contributed by atoms with E-state index in [4.69, 9.17) is 14.2 Å². The van der Waals surface area contributed by atoms with Crippen LogP contribution in [0.4, 0.5) is 4.79 Å². The summed E-state index contributed by atoms with van der Waals surface area (Å²) in [5, 5.41) is 16.9. The predicted octanol–water partition coefficient (Wildman–Crippen LogP) is 8.23. The summed E-state index contributed by atoms with van der Waals surface area (Å²) in [6.45, 7) is 4.06. The molecule has 0 spiro atoms. The van der Waals surface area contributed by atoms with E-state index in [1.165, 1.54) is 13.2 Å². The van der Waals surface area contributed by atoms with Gasteiger partial charge in [-0.1, -0.05) is 97.4 Å². The maximum absolute atomic E-state index is 13.4. The first-order valence-electron chi connectivity index (χ1n) is 16.4. The minimum Gasteiger partial charge on any atom is -0.507 e. The number of phenols is 1. The van der Waals surface area contributed by atoms with Crippen molar-refractivity contribution in [3.63, 3.8) is 0 Å². The molecule has 0 aliphatic heterocycles. The first-order valence-corrected chi connectivity index (χ1v) is 16.4. The Morgan fingerprint density at radius 2 is 1.41 bits per heavy atom. The van der Waals surface area contributed by atoms with Crippen LogP contribution in [0.3, 0.4) is 0 Å². The van der Waals surface area contributed by atoms with E-state index in [9.17, 15) is 14.7 Å². The topological polar surface area (TPSA) is 106 Å². The van der Waals surface area contributed by atoms with Gasteiger partial charge in [0.05, 0.1) is 19.2 Å². The second-order valence-electron chi connectivity index (χ2n) is 12.1. The lowest BCUT2D eigenvalue weighted by molar-refractivity contribution is -0.123. The zero-order valence-corrected chi connectivity index (χ0v) is 27.8. The fourth-order valence-electron chi connectivity index (χ4n) is 6.35. The molecular formula is C41H42N2O6. The minimum absolute atomic E-state index is 0. The molecule has 0 fully saturated rings. The Morgan fingerprint density at radius 1 is 0.796 bits per heavy atom. The normalized spacial score (nSPS) is 13.0. The fourth-order valence-corrected chi connectivity index (χ4v) is 6.35. The van der Waals surface area contributed by atoms with Crippen molar-refractivity contribution in [1.82, 2.24) is 10.6 Å². The SMILES string of the molecule is CCC(NC(=O)COc1ccc(C(NC(=O)OCC2c3ccccc3-c3ccccc32)c2ccc(OC)cc2O)cc1)c1ccc(C)cc1.[HH]. The summed E-state index contributed by atoms with van der Waals surface area (Å²) >= 11 is 0. The van der Waals surface area contributed by atoms with Crippen molar-refractivity contribution < 1.29 is 30.3 Å². The van der Waals surface area contributed by atoms with Crippen LogP contribution < -0.4 is 20.1 Å². The molecule has 0 saturated carbocycles. The molecule has 1 aliphatic carbocycles. The van der Waals surface area contributed by atoms with E-state index in [1.54, 1.807) is 36.4 Å². The molecule has 6 rings (SSSR count). The minimum atomic E-state index is -0.751. The van der Waals surface area contributed by atoms with Gasteiger partial charge in [-0.3, -0.25) is 4.79 Å². The third-order valence-electron chi connectivity index (χ3n) is 8.96. The van der Waals surface area contributed by atoms with Gasteiger partial charge in [0, 0.05) is 19.0 Å². The van der Waals surface area contributed by atoms with Crippen molar-refractivity contribution in [3.05, 3.63) is 149 Å². The van der Waals surface area contributed by atoms with E-state index in [-0.39, 0.29) is 38.3 Å². The number of alkyl carbamates (subject to hydrolysis) is 1. The molecule has 49 heavy (non-hydrogen) atoms. The highest BCUT2D eigenvalue weighted by molar-refractivity contribution is 5.79. The molecule has 5 aromatic rings. The third kappa shape index (κ3) is 7.54. The molecule has 2 amide bonds. The highest BCUT2D eigenvalue weighted by Gasteiger charge is 2.30. The lowest BCUT2D eigenvalue weighted by Gasteiger charge is -2.22. The number of phenolic OH excluding ortho intramolecular Hbond substituents is 1. The predicted molar refractivity (Wildman–Crippen MR) is 191 cm³/mol. The Hall–Kier alpha value is -5.76. The molecule has 3 N–H and O–H groups in total. The van der Waals surface area contributed by atoms with Crippen molar-refractivity contribution >= 4 is 12.0 Å². The van der Waals surface area contributed by atoms with Gasteiger partial charge in [-0.15, -0.1) is 0 Å². The lowest BCUT2D eigenvalue weighted by Crippen LogP contribution is -2.32. The molecule has 252 valence electrons. The number of fused-ring (bicyclic) bond motifs is 3. The smallest absolute Gasteiger partial charge is 0.407 e. The average Bonchev–Trinajstić information content (AvgIpc) is 3.45. The number of aryl methyl sites for hydroxylation is 1. The number of carbonyl (C=O) groups excluding carboxylic acids is 2. The number of amides is 2. The molecule has 5 aromatic carbocycles. The number of benzene rings is 5. The van der Waals surface area contributed by atoms with Gasteiger partial charge in [-0.05, 0) is 71.0 Å². The number of ether oxygens (including phenoxy) is 3. The summed E-state index contributed by atoms with van der Waals surface area (Å²) in [6.07, 6.45) is 0.123. The second kappa shape index (κ2) is 15.0. The summed E-state index contributed by atoms with van der Waals surface area (Å²) in [5.74, 6) is 0.606. The van der Waals surface area contributed by atoms with Gasteiger partial charge in [0.25, 0.3) is 5.91 Å². The number of nitrogens with one attached hydrogen (secondary N) is 2. The van der Waals surface area contributed by atoms with E-state index in [0.717, 1.165) is 39.8 Å². The Labute approximate surface area is 288 Å². The fraction of sp³-hybridized carbons (Fsp3) is 0.220. The number of rotatable bonds is 12. The monoisotopic (exact) mass is 658 g/mol. The first-order chi connectivity index (χ1) is 23.8. The maximum Gasteiger partial charge on any atom is 0.407 e. The van der Waals surface area contributed by atoms with Gasteiger partial charge in [0.15, 0.2) is 6.61 Å². The summed E-state index contributed by atoms with van der Waals surface area (Å²) in [6, 6.07) is 35.5. The zero-order valence-electron chi connectivity index (χ0n) is 27.8. The van der Waals surface area contributed by atoms with Crippen molar-refractivity contribution in [2.75, 3.05) is 20.3 Å². The number of carbonyl (C=O) groups is 2. The Bertz CT molecular complexity index is 1880. The van der Waals surface area contributed by atoms with Crippen LogP contribution in [-0.2, 0) is 9.53 Å². The number of methoxy groups -OCH3 is 1. The van der Waals surface area contributed by atoms with Crippen molar-refractivity contribution in [2.45, 2.75) is 38.3 Å². The summed E-state index contributed by atoms with van der Waals surface area (Å²) in [5.41, 5.74) is 7.86. The second-order valence-corrected chi connectivity index (χ2v) is 12.1. The number of hydrogen-bond acceptors (Lipinski definition) is 6. The largest absolute Gasteiger partial charge is 0.507 e. The number of aromatic hydroxyl groups is 1. The van der Waals surface area contributed by atoms with E-state index in [1.807, 2.05) is 62.4 Å². The molecule has 8 heteroatoms. The average molecular weight is 659 g/mol. The van der Waals surface area contributed by atoms with Crippen LogP contribution in [0.2, 0.25) is 0 Å². The van der Waals surface area contributed by atoms with E-state index < -0.39 is 12.1 Å². The molecule has 2 atom stereocenters. The highest BCUT2D eigenvalue weighted by atomic mass is 16.5. The Morgan fingerprint density at radius 3 is 2.02 bits per heavy atom. The van der Waals surface area contributed by atoms with Gasteiger partial charge in [-0.25, -0.2) is 4.79 Å². The first kappa shape index (κ1) is 33.2. The zero-order chi connectivity index (χ0) is 34.3. The van der Waals surface area contributed by atoms with Crippen molar-refractivity contribution in [3.8, 4) is 28.4 Å². The molecule has 2 unspecified atom stereocenters. The summed E-state index contributed by atoms with van der Waals surface area (Å²) in [7, 11) is 1.52. The van der Waals surface area contributed by atoms with Crippen molar-refractivity contribution in [2.24, 2.45) is 0 Å². The quantitative estimate of drug-likeness (QED) is 0.125. The van der Waals surface area contributed by atoms with Crippen LogP contribution in [0.1, 0.15) is 66.2 Å². The van der Waals surface area contributed by atoms with Crippen LogP contribution in [0.5, 0.6) is 17.2 Å². The Balaban J connectivity index is 0.00000486. The van der Waals surface area contributed by atoms with Gasteiger partial charge in [0.2, 0.25) is 0 Å². The van der Waals surface area contributed by atoms with Crippen LogP contribution in [0.15, 0.2) is 115 Å². The van der Waals surface area contributed by atoms with Gasteiger partial charge in [0.1, 0.15) is 23.9 Å². The maximum atomic E-state index is 13.4. The third-order valence-corrected chi connectivity index (χ3v) is 8.96. The molecule has 0 radical (unpaired) electrons. The standard InChI is InChI=1S/C41H40N2O6.H2/c1-4-37(27-15-13-26(2)14-16-27)42-39(45)25-48-29-19-17-28(18-20-29)40(35-22-21-30(47-3)23-38(35)44)43-41(46)49-24-36-33-11-7-5-9-31(33)32-10-6-8-12-34(32)36;/h5-23,36-37,40,44H,4,24-25H2,1-3H3,(H,42,45)(H,43,46);1H. The van der Waals surface area contributed by atoms with Crippen LogP contribution >= 0.6 is 0 Å². The van der Waals surface area contributed by atoms with Gasteiger partial charge in [-0.2, -0.15) is 0 Å². The molecule has 0 aromatic heterocycles. The van der Waals surface area contributed by atoms with E-state index in [2.05, 4.69) is 34.9 Å².